The minimum Gasteiger partial charge on any atom is -0.328 e. The second-order valence-electron chi connectivity index (χ2n) is 3.40. The number of nitrogens with one attached hydrogen (secondary N) is 1. The lowest BCUT2D eigenvalue weighted by Crippen LogP contribution is -2.25. The van der Waals surface area contributed by atoms with E-state index in [0.29, 0.717) is 10.8 Å². The number of thiocarbonyl (C=S) groups is 1. The van der Waals surface area contributed by atoms with E-state index in [4.69, 9.17) is 12.2 Å². The van der Waals surface area contributed by atoms with Crippen LogP contribution in [0, 0.1) is 5.82 Å². The summed E-state index contributed by atoms with van der Waals surface area (Å²) < 4.78 is 12.7. The van der Waals surface area contributed by atoms with E-state index in [1.165, 1.54) is 17.0 Å². The zero-order chi connectivity index (χ0) is 11.7. The van der Waals surface area contributed by atoms with E-state index in [1.54, 1.807) is 25.3 Å². The van der Waals surface area contributed by atoms with Crippen LogP contribution in [-0.2, 0) is 4.79 Å². The van der Waals surface area contributed by atoms with E-state index < -0.39 is 0 Å². The Labute approximate surface area is 97.6 Å². The van der Waals surface area contributed by atoms with E-state index in [-0.39, 0.29) is 11.7 Å². The van der Waals surface area contributed by atoms with Gasteiger partial charge in [-0.15, -0.1) is 0 Å². The standard InChI is InChI=1S/C11H9FN2OS/c1-14-10(15)9(13-11(14)16)6-7-2-4-8(12)5-3-7/h2-6H,1H3,(H,13,16)/b9-6-. The molecule has 1 saturated heterocycles. The van der Waals surface area contributed by atoms with Gasteiger partial charge in [0.05, 0.1) is 0 Å². The van der Waals surface area contributed by atoms with Gasteiger partial charge in [0.25, 0.3) is 5.91 Å². The maximum atomic E-state index is 12.7. The summed E-state index contributed by atoms with van der Waals surface area (Å²) in [5, 5.41) is 3.17. The van der Waals surface area contributed by atoms with Crippen LogP contribution in [0.5, 0.6) is 0 Å². The molecule has 0 spiro atoms. The SMILES string of the molecule is CN1C(=O)/C(=C/c2ccc(F)cc2)NC1=S. The van der Waals surface area contributed by atoms with Crippen molar-refractivity contribution in [2.75, 3.05) is 7.05 Å². The molecule has 0 atom stereocenters. The van der Waals surface area contributed by atoms with Crippen molar-refractivity contribution in [2.45, 2.75) is 0 Å². The number of carbonyl (C=O) groups excluding carboxylic acids is 1. The summed E-state index contributed by atoms with van der Waals surface area (Å²) in [6.45, 7) is 0. The largest absolute Gasteiger partial charge is 0.328 e. The van der Waals surface area contributed by atoms with E-state index in [2.05, 4.69) is 5.32 Å². The summed E-state index contributed by atoms with van der Waals surface area (Å²) in [6, 6.07) is 5.87. The van der Waals surface area contributed by atoms with Gasteiger partial charge in [-0.05, 0) is 36.0 Å². The first-order valence-corrected chi connectivity index (χ1v) is 5.05. The lowest BCUT2D eigenvalue weighted by atomic mass is 10.2. The smallest absolute Gasteiger partial charge is 0.276 e. The highest BCUT2D eigenvalue weighted by Gasteiger charge is 2.26. The fourth-order valence-electron chi connectivity index (χ4n) is 1.35. The molecular formula is C11H9FN2OS. The molecule has 1 heterocycles. The van der Waals surface area contributed by atoms with Crippen LogP contribution in [0.2, 0.25) is 0 Å². The Morgan fingerprint density at radius 2 is 2.00 bits per heavy atom. The lowest BCUT2D eigenvalue weighted by molar-refractivity contribution is -0.121. The number of nitrogens with zero attached hydrogens (tertiary/aromatic N) is 1. The zero-order valence-electron chi connectivity index (χ0n) is 8.53. The average Bonchev–Trinajstić information content (AvgIpc) is 2.50. The van der Waals surface area contributed by atoms with Crippen LogP contribution in [0.15, 0.2) is 30.0 Å². The molecule has 2 rings (SSSR count). The number of hydrogen-bond acceptors (Lipinski definition) is 2. The molecule has 1 aromatic rings. The van der Waals surface area contributed by atoms with Crippen molar-refractivity contribution in [1.82, 2.24) is 10.2 Å². The molecule has 0 radical (unpaired) electrons. The molecule has 1 amide bonds. The normalized spacial score (nSPS) is 18.1. The van der Waals surface area contributed by atoms with Crippen LogP contribution >= 0.6 is 12.2 Å². The van der Waals surface area contributed by atoms with Crippen LogP contribution in [0.25, 0.3) is 6.08 Å². The van der Waals surface area contributed by atoms with Gasteiger partial charge in [-0.3, -0.25) is 9.69 Å². The van der Waals surface area contributed by atoms with Gasteiger partial charge in [-0.25, -0.2) is 4.39 Å². The Kier molecular flexibility index (Phi) is 2.70. The topological polar surface area (TPSA) is 32.3 Å². The van der Waals surface area contributed by atoms with Gasteiger partial charge >= 0.3 is 0 Å². The van der Waals surface area contributed by atoms with Crippen molar-refractivity contribution in [3.05, 3.63) is 41.3 Å². The predicted octanol–water partition coefficient (Wildman–Crippen LogP) is 1.51. The van der Waals surface area contributed by atoms with Crippen molar-refractivity contribution in [1.29, 1.82) is 0 Å². The first kappa shape index (κ1) is 10.8. The molecule has 82 valence electrons. The summed E-state index contributed by atoms with van der Waals surface area (Å²) >= 11 is 4.93. The van der Waals surface area contributed by atoms with Crippen molar-refractivity contribution in [3.8, 4) is 0 Å². The van der Waals surface area contributed by atoms with Gasteiger partial charge in [0, 0.05) is 7.05 Å². The highest BCUT2D eigenvalue weighted by atomic mass is 32.1. The number of benzene rings is 1. The third kappa shape index (κ3) is 1.94. The highest BCUT2D eigenvalue weighted by molar-refractivity contribution is 7.80. The van der Waals surface area contributed by atoms with Gasteiger partial charge < -0.3 is 5.32 Å². The number of carbonyl (C=O) groups is 1. The van der Waals surface area contributed by atoms with Crippen LogP contribution in [0.4, 0.5) is 4.39 Å². The molecule has 0 aliphatic carbocycles. The minimum atomic E-state index is -0.305. The summed E-state index contributed by atoms with van der Waals surface area (Å²) in [4.78, 5) is 13.0. The molecule has 1 N–H and O–H groups in total. The number of amides is 1. The second-order valence-corrected chi connectivity index (χ2v) is 3.79. The summed E-state index contributed by atoms with van der Waals surface area (Å²) in [5.41, 5.74) is 1.15. The maximum absolute atomic E-state index is 12.7. The van der Waals surface area contributed by atoms with Crippen LogP contribution in [-0.4, -0.2) is 23.0 Å². The van der Waals surface area contributed by atoms with Crippen LogP contribution < -0.4 is 5.32 Å². The second kappa shape index (κ2) is 4.02. The first-order chi connectivity index (χ1) is 7.58. The molecule has 0 saturated carbocycles. The van der Waals surface area contributed by atoms with E-state index >= 15 is 0 Å². The third-order valence-corrected chi connectivity index (χ3v) is 2.64. The monoisotopic (exact) mass is 236 g/mol. The first-order valence-electron chi connectivity index (χ1n) is 4.64. The number of likely N-dealkylation sites (N-methyl/N-ethyl adjacent to an activating group) is 1. The molecular weight excluding hydrogens is 227 g/mol. The Bertz CT molecular complexity index is 481. The van der Waals surface area contributed by atoms with Gasteiger partial charge in [0.2, 0.25) is 0 Å². The minimum absolute atomic E-state index is 0.186. The Morgan fingerprint density at radius 1 is 1.38 bits per heavy atom. The summed E-state index contributed by atoms with van der Waals surface area (Å²) in [5.74, 6) is -0.491. The molecule has 3 nitrogen and oxygen atoms in total. The van der Waals surface area contributed by atoms with Gasteiger partial charge in [0.1, 0.15) is 11.5 Å². The van der Waals surface area contributed by atoms with Crippen LogP contribution in [0.3, 0.4) is 0 Å². The van der Waals surface area contributed by atoms with Crippen molar-refractivity contribution < 1.29 is 9.18 Å². The number of hydrogen-bond donors (Lipinski definition) is 1. The predicted molar refractivity (Wildman–Crippen MR) is 62.9 cm³/mol. The molecule has 1 aliphatic heterocycles. The molecule has 0 aromatic heterocycles. The summed E-state index contributed by atoms with van der Waals surface area (Å²) in [7, 11) is 1.60. The molecule has 1 fully saturated rings. The van der Waals surface area contributed by atoms with Crippen molar-refractivity contribution >= 4 is 29.3 Å². The Morgan fingerprint density at radius 3 is 2.50 bits per heavy atom. The number of rotatable bonds is 1. The fraction of sp³-hybridized carbons (Fsp3) is 0.0909. The Hall–Kier alpha value is -1.75. The van der Waals surface area contributed by atoms with Gasteiger partial charge in [0.15, 0.2) is 5.11 Å². The van der Waals surface area contributed by atoms with Crippen LogP contribution in [0.1, 0.15) is 5.56 Å². The van der Waals surface area contributed by atoms with E-state index in [9.17, 15) is 9.18 Å². The molecule has 1 aliphatic rings. The molecule has 0 bridgehead atoms. The lowest BCUT2D eigenvalue weighted by Gasteiger charge is -2.02. The molecule has 16 heavy (non-hydrogen) atoms. The average molecular weight is 236 g/mol. The molecule has 5 heteroatoms. The van der Waals surface area contributed by atoms with Crippen molar-refractivity contribution in [2.24, 2.45) is 0 Å². The van der Waals surface area contributed by atoms with Gasteiger partial charge in [-0.2, -0.15) is 0 Å². The molecule has 1 aromatic carbocycles. The zero-order valence-corrected chi connectivity index (χ0v) is 9.34. The fourth-order valence-corrected chi connectivity index (χ4v) is 1.54. The maximum Gasteiger partial charge on any atom is 0.276 e. The Balaban J connectivity index is 2.29. The highest BCUT2D eigenvalue weighted by Crippen LogP contribution is 2.12. The van der Waals surface area contributed by atoms with E-state index in [0.717, 1.165) is 5.56 Å². The quantitative estimate of drug-likeness (QED) is 0.592. The van der Waals surface area contributed by atoms with Crippen molar-refractivity contribution in [3.63, 3.8) is 0 Å². The third-order valence-electron chi connectivity index (χ3n) is 2.26. The van der Waals surface area contributed by atoms with Gasteiger partial charge in [-0.1, -0.05) is 12.1 Å². The van der Waals surface area contributed by atoms with E-state index in [1.807, 2.05) is 0 Å². The summed E-state index contributed by atoms with van der Waals surface area (Å²) in [6.07, 6.45) is 1.64. The number of halogens is 1. The molecule has 0 unspecified atom stereocenters.